The summed E-state index contributed by atoms with van der Waals surface area (Å²) in [6, 6.07) is 3.23. The zero-order valence-corrected chi connectivity index (χ0v) is 12.8. The highest BCUT2D eigenvalue weighted by atomic mass is 32.2. The van der Waals surface area contributed by atoms with Crippen LogP contribution in [0.1, 0.15) is 56.2 Å². The Balaban J connectivity index is 1.98. The Labute approximate surface area is 115 Å². The topological polar surface area (TPSA) is 25.2 Å². The molecular formula is C15H25NOS. The van der Waals surface area contributed by atoms with Crippen LogP contribution < -0.4 is 5.32 Å². The average Bonchev–Trinajstić information content (AvgIpc) is 2.87. The van der Waals surface area contributed by atoms with Gasteiger partial charge >= 0.3 is 0 Å². The Hall–Kier alpha value is -0.410. The first-order valence-electron chi connectivity index (χ1n) is 7.06. The van der Waals surface area contributed by atoms with E-state index < -0.39 is 0 Å². The molecule has 1 N–H and O–H groups in total. The van der Waals surface area contributed by atoms with Crippen LogP contribution in [-0.2, 0) is 0 Å². The molecular weight excluding hydrogens is 242 g/mol. The second-order valence-electron chi connectivity index (χ2n) is 5.29. The van der Waals surface area contributed by atoms with Gasteiger partial charge in [0, 0.05) is 22.9 Å². The molecule has 0 spiro atoms. The van der Waals surface area contributed by atoms with E-state index in [9.17, 15) is 0 Å². The lowest BCUT2D eigenvalue weighted by Gasteiger charge is -2.24. The lowest BCUT2D eigenvalue weighted by Crippen LogP contribution is -2.36. The highest BCUT2D eigenvalue weighted by Gasteiger charge is 2.28. The van der Waals surface area contributed by atoms with Crippen LogP contribution in [0.5, 0.6) is 0 Å². The van der Waals surface area contributed by atoms with Gasteiger partial charge in [-0.25, -0.2) is 0 Å². The molecule has 1 aliphatic rings. The third kappa shape index (κ3) is 3.12. The molecule has 0 saturated heterocycles. The number of furan rings is 1. The molecule has 1 aliphatic carbocycles. The van der Waals surface area contributed by atoms with E-state index in [0.29, 0.717) is 12.1 Å². The van der Waals surface area contributed by atoms with E-state index in [4.69, 9.17) is 4.42 Å². The Morgan fingerprint density at radius 2 is 2.22 bits per heavy atom. The molecule has 1 saturated carbocycles. The zero-order chi connectivity index (χ0) is 13.1. The molecule has 0 aromatic carbocycles. The fraction of sp³-hybridized carbons (Fsp3) is 0.733. The number of hydrogen-bond acceptors (Lipinski definition) is 3. The SMILES string of the molecule is CCSC1CCCC1NC(C)c1cc(C)oc1C. The molecule has 0 amide bonds. The number of hydrogen-bond donors (Lipinski definition) is 1. The first kappa shape index (κ1) is 14.0. The summed E-state index contributed by atoms with van der Waals surface area (Å²) in [6.45, 7) is 8.60. The molecule has 1 fully saturated rings. The summed E-state index contributed by atoms with van der Waals surface area (Å²) in [6.07, 6.45) is 4.05. The zero-order valence-electron chi connectivity index (χ0n) is 12.0. The molecule has 0 bridgehead atoms. The normalized spacial score (nSPS) is 25.6. The maximum Gasteiger partial charge on any atom is 0.105 e. The van der Waals surface area contributed by atoms with E-state index in [1.807, 2.05) is 6.92 Å². The number of nitrogens with one attached hydrogen (secondary N) is 1. The highest BCUT2D eigenvalue weighted by molar-refractivity contribution is 7.99. The van der Waals surface area contributed by atoms with Crippen molar-refractivity contribution in [3.8, 4) is 0 Å². The van der Waals surface area contributed by atoms with Gasteiger partial charge in [-0.2, -0.15) is 11.8 Å². The largest absolute Gasteiger partial charge is 0.466 e. The van der Waals surface area contributed by atoms with E-state index in [1.165, 1.54) is 30.6 Å². The van der Waals surface area contributed by atoms with Gasteiger partial charge in [0.2, 0.25) is 0 Å². The van der Waals surface area contributed by atoms with Gasteiger partial charge in [0.05, 0.1) is 0 Å². The van der Waals surface area contributed by atoms with Gasteiger partial charge in [-0.05, 0) is 45.4 Å². The summed E-state index contributed by atoms with van der Waals surface area (Å²) in [5.41, 5.74) is 1.32. The van der Waals surface area contributed by atoms with Crippen LogP contribution in [0.2, 0.25) is 0 Å². The molecule has 3 heteroatoms. The summed E-state index contributed by atoms with van der Waals surface area (Å²) in [5, 5.41) is 4.60. The summed E-state index contributed by atoms with van der Waals surface area (Å²) >= 11 is 2.11. The molecule has 1 aromatic rings. The molecule has 3 unspecified atom stereocenters. The number of rotatable bonds is 5. The minimum absolute atomic E-state index is 0.394. The summed E-state index contributed by atoms with van der Waals surface area (Å²) < 4.78 is 5.63. The Bertz CT molecular complexity index is 388. The van der Waals surface area contributed by atoms with Crippen LogP contribution >= 0.6 is 11.8 Å². The molecule has 1 aromatic heterocycles. The van der Waals surface area contributed by atoms with Crippen molar-refractivity contribution < 1.29 is 4.42 Å². The monoisotopic (exact) mass is 267 g/mol. The maximum absolute atomic E-state index is 5.63. The Kier molecular flexibility index (Phi) is 4.79. The summed E-state index contributed by atoms with van der Waals surface area (Å²) in [4.78, 5) is 0. The van der Waals surface area contributed by atoms with Crippen molar-refractivity contribution in [1.82, 2.24) is 5.32 Å². The third-order valence-corrected chi connectivity index (χ3v) is 5.17. The second-order valence-corrected chi connectivity index (χ2v) is 6.80. The van der Waals surface area contributed by atoms with E-state index in [-0.39, 0.29) is 0 Å². The van der Waals surface area contributed by atoms with Crippen molar-refractivity contribution >= 4 is 11.8 Å². The Morgan fingerprint density at radius 1 is 1.44 bits per heavy atom. The maximum atomic E-state index is 5.63. The summed E-state index contributed by atoms with van der Waals surface area (Å²) in [7, 11) is 0. The van der Waals surface area contributed by atoms with E-state index in [1.54, 1.807) is 0 Å². The molecule has 18 heavy (non-hydrogen) atoms. The van der Waals surface area contributed by atoms with Crippen LogP contribution in [0.3, 0.4) is 0 Å². The first-order chi connectivity index (χ1) is 8.61. The molecule has 102 valence electrons. The van der Waals surface area contributed by atoms with Gasteiger partial charge in [0.1, 0.15) is 11.5 Å². The predicted octanol–water partition coefficient (Wildman–Crippen LogP) is 4.22. The van der Waals surface area contributed by atoms with E-state index >= 15 is 0 Å². The number of thioether (sulfide) groups is 1. The minimum atomic E-state index is 0.394. The highest BCUT2D eigenvalue weighted by Crippen LogP contribution is 2.32. The number of aryl methyl sites for hydroxylation is 2. The third-order valence-electron chi connectivity index (χ3n) is 3.84. The Morgan fingerprint density at radius 3 is 2.83 bits per heavy atom. The fourth-order valence-corrected chi connectivity index (χ4v) is 4.23. The van der Waals surface area contributed by atoms with Crippen molar-refractivity contribution in [3.63, 3.8) is 0 Å². The first-order valence-corrected chi connectivity index (χ1v) is 8.11. The van der Waals surface area contributed by atoms with Gasteiger partial charge in [0.25, 0.3) is 0 Å². The second kappa shape index (κ2) is 6.16. The van der Waals surface area contributed by atoms with E-state index in [0.717, 1.165) is 16.8 Å². The van der Waals surface area contributed by atoms with Crippen LogP contribution in [0, 0.1) is 13.8 Å². The standard InChI is InChI=1S/C15H25NOS/c1-5-18-15-8-6-7-14(15)16-11(3)13-9-10(2)17-12(13)4/h9,11,14-16H,5-8H2,1-4H3. The molecule has 0 aliphatic heterocycles. The minimum Gasteiger partial charge on any atom is -0.466 e. The smallest absolute Gasteiger partial charge is 0.105 e. The average molecular weight is 267 g/mol. The fourth-order valence-electron chi connectivity index (χ4n) is 3.02. The predicted molar refractivity (Wildman–Crippen MR) is 79.3 cm³/mol. The molecule has 1 heterocycles. The van der Waals surface area contributed by atoms with Crippen LogP contribution in [-0.4, -0.2) is 17.0 Å². The lowest BCUT2D eigenvalue weighted by molar-refractivity contribution is 0.452. The van der Waals surface area contributed by atoms with Crippen molar-refractivity contribution in [2.24, 2.45) is 0 Å². The van der Waals surface area contributed by atoms with Crippen molar-refractivity contribution in [1.29, 1.82) is 0 Å². The van der Waals surface area contributed by atoms with Crippen molar-refractivity contribution in [2.45, 2.75) is 64.3 Å². The van der Waals surface area contributed by atoms with Gasteiger partial charge in [-0.3, -0.25) is 0 Å². The summed E-state index contributed by atoms with van der Waals surface area (Å²) in [5.74, 6) is 3.30. The lowest BCUT2D eigenvalue weighted by atomic mass is 10.1. The van der Waals surface area contributed by atoms with Crippen LogP contribution in [0.4, 0.5) is 0 Å². The van der Waals surface area contributed by atoms with Gasteiger partial charge in [0.15, 0.2) is 0 Å². The molecule has 2 nitrogen and oxygen atoms in total. The van der Waals surface area contributed by atoms with Gasteiger partial charge in [-0.1, -0.05) is 13.3 Å². The van der Waals surface area contributed by atoms with E-state index in [2.05, 4.69) is 43.9 Å². The van der Waals surface area contributed by atoms with Gasteiger partial charge in [-0.15, -0.1) is 0 Å². The van der Waals surface area contributed by atoms with Crippen molar-refractivity contribution in [2.75, 3.05) is 5.75 Å². The van der Waals surface area contributed by atoms with Crippen molar-refractivity contribution in [3.05, 3.63) is 23.2 Å². The van der Waals surface area contributed by atoms with Gasteiger partial charge < -0.3 is 9.73 Å². The quantitative estimate of drug-likeness (QED) is 0.864. The molecule has 0 radical (unpaired) electrons. The molecule has 3 atom stereocenters. The van der Waals surface area contributed by atoms with Crippen LogP contribution in [0.25, 0.3) is 0 Å². The van der Waals surface area contributed by atoms with Crippen LogP contribution in [0.15, 0.2) is 10.5 Å². The molecule has 2 rings (SSSR count).